The first-order valence-corrected chi connectivity index (χ1v) is 6.65. The zero-order valence-electron chi connectivity index (χ0n) is 10.6. The van der Waals surface area contributed by atoms with Gasteiger partial charge in [0.25, 0.3) is 0 Å². The van der Waals surface area contributed by atoms with E-state index in [0.717, 1.165) is 25.9 Å². The van der Waals surface area contributed by atoms with E-state index in [9.17, 15) is 0 Å². The quantitative estimate of drug-likeness (QED) is 0.685. The van der Waals surface area contributed by atoms with Gasteiger partial charge < -0.3 is 10.1 Å². The lowest BCUT2D eigenvalue weighted by Crippen LogP contribution is -2.53. The van der Waals surface area contributed by atoms with Crippen molar-refractivity contribution in [3.8, 4) is 0 Å². The number of hydrogen-bond acceptors (Lipinski definition) is 2. The van der Waals surface area contributed by atoms with Gasteiger partial charge in [0.2, 0.25) is 0 Å². The summed E-state index contributed by atoms with van der Waals surface area (Å²) >= 11 is 0. The number of nitrogens with one attached hydrogen (secondary N) is 1. The molecule has 0 aliphatic carbocycles. The minimum Gasteiger partial charge on any atom is -0.369 e. The van der Waals surface area contributed by atoms with Gasteiger partial charge in [0.15, 0.2) is 0 Å². The molecule has 1 aliphatic heterocycles. The average molecular weight is 213 g/mol. The smallest absolute Gasteiger partial charge is 0.0805 e. The average Bonchev–Trinajstić information content (AvgIpc) is 2.30. The van der Waals surface area contributed by atoms with E-state index in [4.69, 9.17) is 4.74 Å². The summed E-state index contributed by atoms with van der Waals surface area (Å²) in [4.78, 5) is 0. The molecule has 1 N–H and O–H groups in total. The summed E-state index contributed by atoms with van der Waals surface area (Å²) in [5.41, 5.74) is 0.120. The van der Waals surface area contributed by atoms with Gasteiger partial charge in [0, 0.05) is 13.1 Å². The summed E-state index contributed by atoms with van der Waals surface area (Å²) in [6.07, 6.45) is 7.87. The maximum Gasteiger partial charge on any atom is 0.0805 e. The van der Waals surface area contributed by atoms with E-state index >= 15 is 0 Å². The first-order chi connectivity index (χ1) is 7.26. The SMILES string of the molecule is CCCCCC1CNCC(CC)(CC)O1. The maximum atomic E-state index is 6.26. The Morgan fingerprint density at radius 1 is 1.20 bits per heavy atom. The van der Waals surface area contributed by atoms with E-state index in [-0.39, 0.29) is 5.60 Å². The summed E-state index contributed by atoms with van der Waals surface area (Å²) in [5, 5.41) is 3.53. The summed E-state index contributed by atoms with van der Waals surface area (Å²) in [7, 11) is 0. The molecule has 15 heavy (non-hydrogen) atoms. The monoisotopic (exact) mass is 213 g/mol. The van der Waals surface area contributed by atoms with Crippen molar-refractivity contribution in [2.45, 2.75) is 71.0 Å². The predicted molar refractivity (Wildman–Crippen MR) is 65.2 cm³/mol. The second kappa shape index (κ2) is 6.49. The van der Waals surface area contributed by atoms with Crippen LogP contribution in [-0.4, -0.2) is 24.8 Å². The molecule has 0 spiro atoms. The maximum absolute atomic E-state index is 6.26. The normalized spacial score (nSPS) is 25.4. The second-order valence-corrected chi connectivity index (χ2v) is 4.76. The third-order valence-corrected chi connectivity index (χ3v) is 3.65. The van der Waals surface area contributed by atoms with Crippen LogP contribution < -0.4 is 5.32 Å². The highest BCUT2D eigenvalue weighted by Gasteiger charge is 2.33. The van der Waals surface area contributed by atoms with Crippen LogP contribution >= 0.6 is 0 Å². The van der Waals surface area contributed by atoms with Crippen LogP contribution in [0.25, 0.3) is 0 Å². The number of unbranched alkanes of at least 4 members (excludes halogenated alkanes) is 2. The standard InChI is InChI=1S/C13H27NO/c1-4-7-8-9-12-10-14-11-13(5-2,6-3)15-12/h12,14H,4-11H2,1-3H3. The van der Waals surface area contributed by atoms with Crippen LogP contribution in [0.1, 0.15) is 59.3 Å². The molecule has 1 atom stereocenters. The van der Waals surface area contributed by atoms with Gasteiger partial charge in [-0.15, -0.1) is 0 Å². The molecule has 0 saturated carbocycles. The third-order valence-electron chi connectivity index (χ3n) is 3.65. The molecule has 1 saturated heterocycles. The molecule has 0 bridgehead atoms. The molecule has 1 unspecified atom stereocenters. The van der Waals surface area contributed by atoms with E-state index in [0.29, 0.717) is 6.10 Å². The molecule has 1 aliphatic rings. The number of morpholine rings is 1. The molecule has 0 aromatic heterocycles. The van der Waals surface area contributed by atoms with E-state index in [1.165, 1.54) is 25.7 Å². The lowest BCUT2D eigenvalue weighted by molar-refractivity contribution is -0.122. The summed E-state index contributed by atoms with van der Waals surface area (Å²) < 4.78 is 6.26. The fourth-order valence-electron chi connectivity index (χ4n) is 2.35. The van der Waals surface area contributed by atoms with Crippen molar-refractivity contribution in [3.63, 3.8) is 0 Å². The van der Waals surface area contributed by atoms with Crippen molar-refractivity contribution in [1.29, 1.82) is 0 Å². The second-order valence-electron chi connectivity index (χ2n) is 4.76. The van der Waals surface area contributed by atoms with Gasteiger partial charge in [-0.25, -0.2) is 0 Å². The third kappa shape index (κ3) is 3.76. The molecule has 1 fully saturated rings. The Labute approximate surface area is 94.8 Å². The minimum absolute atomic E-state index is 0.120. The topological polar surface area (TPSA) is 21.3 Å². The zero-order valence-corrected chi connectivity index (χ0v) is 10.6. The van der Waals surface area contributed by atoms with Crippen molar-refractivity contribution in [2.24, 2.45) is 0 Å². The highest BCUT2D eigenvalue weighted by molar-refractivity contribution is 4.87. The Balaban J connectivity index is 2.34. The Morgan fingerprint density at radius 2 is 1.93 bits per heavy atom. The molecule has 1 rings (SSSR count). The van der Waals surface area contributed by atoms with Crippen LogP contribution in [0.4, 0.5) is 0 Å². The van der Waals surface area contributed by atoms with Gasteiger partial charge >= 0.3 is 0 Å². The van der Waals surface area contributed by atoms with E-state index in [1.807, 2.05) is 0 Å². The van der Waals surface area contributed by atoms with Gasteiger partial charge in [0.05, 0.1) is 11.7 Å². The highest BCUT2D eigenvalue weighted by atomic mass is 16.5. The lowest BCUT2D eigenvalue weighted by Gasteiger charge is -2.41. The molecule has 2 nitrogen and oxygen atoms in total. The molecule has 0 radical (unpaired) electrons. The first-order valence-electron chi connectivity index (χ1n) is 6.65. The predicted octanol–water partition coefficient (Wildman–Crippen LogP) is 3.11. The van der Waals surface area contributed by atoms with Gasteiger partial charge in [-0.1, -0.05) is 40.0 Å². The number of hydrogen-bond donors (Lipinski definition) is 1. The lowest BCUT2D eigenvalue weighted by atomic mass is 9.94. The molecular formula is C13H27NO. The van der Waals surface area contributed by atoms with Crippen LogP contribution in [0.3, 0.4) is 0 Å². The van der Waals surface area contributed by atoms with Gasteiger partial charge in [0.1, 0.15) is 0 Å². The molecule has 1 heterocycles. The number of rotatable bonds is 6. The fourth-order valence-corrected chi connectivity index (χ4v) is 2.35. The molecule has 0 amide bonds. The van der Waals surface area contributed by atoms with Crippen molar-refractivity contribution < 1.29 is 4.74 Å². The minimum atomic E-state index is 0.120. The Kier molecular flexibility index (Phi) is 5.62. The van der Waals surface area contributed by atoms with Crippen molar-refractivity contribution in [2.75, 3.05) is 13.1 Å². The summed E-state index contributed by atoms with van der Waals surface area (Å²) in [6, 6.07) is 0. The first kappa shape index (κ1) is 13.0. The van der Waals surface area contributed by atoms with Crippen molar-refractivity contribution in [3.05, 3.63) is 0 Å². The van der Waals surface area contributed by atoms with Crippen LogP contribution in [0.15, 0.2) is 0 Å². The Hall–Kier alpha value is -0.0800. The molecule has 0 aromatic rings. The summed E-state index contributed by atoms with van der Waals surface area (Å²) in [6.45, 7) is 8.80. The van der Waals surface area contributed by atoms with E-state index in [1.54, 1.807) is 0 Å². The van der Waals surface area contributed by atoms with Crippen LogP contribution in [0.2, 0.25) is 0 Å². The Morgan fingerprint density at radius 3 is 2.53 bits per heavy atom. The molecule has 0 aromatic carbocycles. The van der Waals surface area contributed by atoms with Crippen molar-refractivity contribution >= 4 is 0 Å². The van der Waals surface area contributed by atoms with E-state index in [2.05, 4.69) is 26.1 Å². The number of ether oxygens (including phenoxy) is 1. The largest absolute Gasteiger partial charge is 0.369 e. The van der Waals surface area contributed by atoms with Crippen LogP contribution in [0, 0.1) is 0 Å². The van der Waals surface area contributed by atoms with Gasteiger partial charge in [-0.3, -0.25) is 0 Å². The van der Waals surface area contributed by atoms with Crippen molar-refractivity contribution in [1.82, 2.24) is 5.32 Å². The van der Waals surface area contributed by atoms with Gasteiger partial charge in [-0.2, -0.15) is 0 Å². The van der Waals surface area contributed by atoms with Crippen LogP contribution in [0.5, 0.6) is 0 Å². The zero-order chi connectivity index (χ0) is 11.1. The Bertz CT molecular complexity index is 166. The molecule has 2 heteroatoms. The van der Waals surface area contributed by atoms with Crippen LogP contribution in [-0.2, 0) is 4.74 Å². The summed E-state index contributed by atoms with van der Waals surface area (Å²) in [5.74, 6) is 0. The highest BCUT2D eigenvalue weighted by Crippen LogP contribution is 2.26. The molecular weight excluding hydrogens is 186 g/mol. The van der Waals surface area contributed by atoms with E-state index < -0.39 is 0 Å². The fraction of sp³-hybridized carbons (Fsp3) is 1.00. The molecule has 90 valence electrons. The van der Waals surface area contributed by atoms with Gasteiger partial charge in [-0.05, 0) is 19.3 Å².